The number of hydrogen-bond donors (Lipinski definition) is 1. The van der Waals surface area contributed by atoms with Crippen molar-refractivity contribution in [2.45, 2.75) is 13.5 Å². The van der Waals surface area contributed by atoms with Crippen molar-refractivity contribution >= 4 is 5.97 Å². The van der Waals surface area contributed by atoms with E-state index in [1.165, 1.54) is 0 Å². The largest absolute Gasteiger partial charge is 0.481 e. The van der Waals surface area contributed by atoms with Gasteiger partial charge in [-0.1, -0.05) is 12.8 Å². The summed E-state index contributed by atoms with van der Waals surface area (Å²) >= 11 is 0. The number of aromatic nitrogens is 1. The minimum absolute atomic E-state index is 0.426. The van der Waals surface area contributed by atoms with Gasteiger partial charge in [0.1, 0.15) is 0 Å². The van der Waals surface area contributed by atoms with Gasteiger partial charge in [0.05, 0.1) is 12.5 Å². The third kappa shape index (κ3) is 4.66. The lowest BCUT2D eigenvalue weighted by Gasteiger charge is -2.21. The molecular weight excluding hydrogens is 216 g/mol. The van der Waals surface area contributed by atoms with E-state index in [0.29, 0.717) is 19.6 Å². The van der Waals surface area contributed by atoms with Gasteiger partial charge in [0, 0.05) is 25.5 Å². The van der Waals surface area contributed by atoms with Gasteiger partial charge in [-0.3, -0.25) is 14.7 Å². The Morgan fingerprint density at radius 2 is 2.24 bits per heavy atom. The maximum Gasteiger partial charge on any atom is 0.307 e. The Morgan fingerprint density at radius 3 is 2.76 bits per heavy atom. The van der Waals surface area contributed by atoms with Gasteiger partial charge in [-0.2, -0.15) is 0 Å². The van der Waals surface area contributed by atoms with Crippen LogP contribution >= 0.6 is 0 Å². The molecule has 0 saturated heterocycles. The number of terminal acetylenes is 1. The standard InChI is InChI=1S/C13H16N2O2/c1-3-8-15(9-11(2)13(16)17)10-12-4-6-14-7-5-12/h1,4-7,11H,8-10H2,2H3,(H,16,17). The fourth-order valence-electron chi connectivity index (χ4n) is 1.53. The van der Waals surface area contributed by atoms with Crippen molar-refractivity contribution < 1.29 is 9.90 Å². The van der Waals surface area contributed by atoms with E-state index in [-0.39, 0.29) is 0 Å². The first-order chi connectivity index (χ1) is 8.13. The molecule has 0 saturated carbocycles. The van der Waals surface area contributed by atoms with Crippen LogP contribution in [0.2, 0.25) is 0 Å². The second-order valence-electron chi connectivity index (χ2n) is 3.97. The lowest BCUT2D eigenvalue weighted by molar-refractivity contribution is -0.141. The summed E-state index contributed by atoms with van der Waals surface area (Å²) in [5.41, 5.74) is 1.08. The molecule has 1 aromatic heterocycles. The number of carbonyl (C=O) groups is 1. The highest BCUT2D eigenvalue weighted by Gasteiger charge is 2.15. The summed E-state index contributed by atoms with van der Waals surface area (Å²) in [6, 6.07) is 3.80. The normalized spacial score (nSPS) is 12.1. The van der Waals surface area contributed by atoms with E-state index in [2.05, 4.69) is 10.9 Å². The zero-order chi connectivity index (χ0) is 12.7. The van der Waals surface area contributed by atoms with Crippen LogP contribution in [0.3, 0.4) is 0 Å². The molecule has 0 spiro atoms. The van der Waals surface area contributed by atoms with Crippen LogP contribution in [0.25, 0.3) is 0 Å². The Kier molecular flexibility index (Phi) is 5.18. The number of hydrogen-bond acceptors (Lipinski definition) is 3. The molecule has 1 unspecified atom stereocenters. The van der Waals surface area contributed by atoms with Crippen LogP contribution in [0.1, 0.15) is 12.5 Å². The second-order valence-corrected chi connectivity index (χ2v) is 3.97. The molecular formula is C13H16N2O2. The van der Waals surface area contributed by atoms with Crippen LogP contribution in [0.15, 0.2) is 24.5 Å². The smallest absolute Gasteiger partial charge is 0.307 e. The molecule has 1 N–H and O–H groups in total. The van der Waals surface area contributed by atoms with Crippen molar-refractivity contribution in [2.24, 2.45) is 5.92 Å². The quantitative estimate of drug-likeness (QED) is 0.750. The van der Waals surface area contributed by atoms with Crippen LogP contribution in [-0.2, 0) is 11.3 Å². The SMILES string of the molecule is C#CCN(Cc1ccncc1)CC(C)C(=O)O. The van der Waals surface area contributed by atoms with Gasteiger partial charge in [-0.05, 0) is 17.7 Å². The maximum absolute atomic E-state index is 10.8. The minimum atomic E-state index is -0.804. The van der Waals surface area contributed by atoms with Gasteiger partial charge in [0.25, 0.3) is 0 Å². The maximum atomic E-state index is 10.8. The summed E-state index contributed by atoms with van der Waals surface area (Å²) in [5.74, 6) is 1.32. The molecule has 0 aromatic carbocycles. The molecule has 17 heavy (non-hydrogen) atoms. The molecule has 4 heteroatoms. The second kappa shape index (κ2) is 6.66. The van der Waals surface area contributed by atoms with Gasteiger partial charge >= 0.3 is 5.97 Å². The van der Waals surface area contributed by atoms with E-state index in [4.69, 9.17) is 11.5 Å². The molecule has 0 fully saturated rings. The lowest BCUT2D eigenvalue weighted by Crippen LogP contribution is -2.31. The van der Waals surface area contributed by atoms with Crippen molar-refractivity contribution in [3.05, 3.63) is 30.1 Å². The number of carboxylic acid groups (broad SMARTS) is 1. The summed E-state index contributed by atoms with van der Waals surface area (Å²) in [5, 5.41) is 8.88. The first-order valence-corrected chi connectivity index (χ1v) is 5.41. The Labute approximate surface area is 101 Å². The summed E-state index contributed by atoms with van der Waals surface area (Å²) in [6.45, 7) is 3.21. The fraction of sp³-hybridized carbons (Fsp3) is 0.385. The Morgan fingerprint density at radius 1 is 1.59 bits per heavy atom. The monoisotopic (exact) mass is 232 g/mol. The van der Waals surface area contributed by atoms with E-state index in [9.17, 15) is 4.79 Å². The molecule has 1 rings (SSSR count). The van der Waals surface area contributed by atoms with Gasteiger partial charge in [0.15, 0.2) is 0 Å². The lowest BCUT2D eigenvalue weighted by atomic mass is 10.1. The Bertz CT molecular complexity index is 398. The highest BCUT2D eigenvalue weighted by atomic mass is 16.4. The van der Waals surface area contributed by atoms with Crippen molar-refractivity contribution in [3.63, 3.8) is 0 Å². The van der Waals surface area contributed by atoms with Crippen LogP contribution in [0.4, 0.5) is 0 Å². The number of nitrogens with zero attached hydrogens (tertiary/aromatic N) is 2. The molecule has 0 amide bonds. The highest BCUT2D eigenvalue weighted by Crippen LogP contribution is 2.06. The predicted molar refractivity (Wildman–Crippen MR) is 65.1 cm³/mol. The first-order valence-electron chi connectivity index (χ1n) is 5.41. The summed E-state index contributed by atoms with van der Waals surface area (Å²) in [7, 11) is 0. The highest BCUT2D eigenvalue weighted by molar-refractivity contribution is 5.69. The van der Waals surface area contributed by atoms with Gasteiger partial charge in [-0.25, -0.2) is 0 Å². The van der Waals surface area contributed by atoms with E-state index in [0.717, 1.165) is 5.56 Å². The molecule has 0 bridgehead atoms. The van der Waals surface area contributed by atoms with Crippen LogP contribution < -0.4 is 0 Å². The van der Waals surface area contributed by atoms with Crippen molar-refractivity contribution in [3.8, 4) is 12.3 Å². The van der Waals surface area contributed by atoms with E-state index < -0.39 is 11.9 Å². The topological polar surface area (TPSA) is 53.4 Å². The predicted octanol–water partition coefficient (Wildman–Crippen LogP) is 1.24. The molecule has 90 valence electrons. The molecule has 1 heterocycles. The average Bonchev–Trinajstić information content (AvgIpc) is 2.30. The van der Waals surface area contributed by atoms with Gasteiger partial charge in [-0.15, -0.1) is 6.42 Å². The Balaban J connectivity index is 2.61. The van der Waals surface area contributed by atoms with E-state index in [1.54, 1.807) is 19.3 Å². The third-order valence-corrected chi connectivity index (χ3v) is 2.42. The number of rotatable bonds is 6. The number of pyridine rings is 1. The molecule has 4 nitrogen and oxygen atoms in total. The van der Waals surface area contributed by atoms with Crippen molar-refractivity contribution in [1.82, 2.24) is 9.88 Å². The summed E-state index contributed by atoms with van der Waals surface area (Å²) in [4.78, 5) is 16.7. The van der Waals surface area contributed by atoms with E-state index >= 15 is 0 Å². The molecule has 0 aliphatic heterocycles. The summed E-state index contributed by atoms with van der Waals surface area (Å²) < 4.78 is 0. The number of aliphatic carboxylic acids is 1. The van der Waals surface area contributed by atoms with Crippen LogP contribution in [0.5, 0.6) is 0 Å². The molecule has 1 atom stereocenters. The van der Waals surface area contributed by atoms with Crippen molar-refractivity contribution in [1.29, 1.82) is 0 Å². The average molecular weight is 232 g/mol. The van der Waals surface area contributed by atoms with Gasteiger partial charge in [0.2, 0.25) is 0 Å². The van der Waals surface area contributed by atoms with Crippen LogP contribution in [0, 0.1) is 18.3 Å². The number of carboxylic acids is 1. The molecule has 0 aliphatic carbocycles. The van der Waals surface area contributed by atoms with Gasteiger partial charge < -0.3 is 5.11 Å². The van der Waals surface area contributed by atoms with E-state index in [1.807, 2.05) is 17.0 Å². The molecule has 0 aliphatic rings. The first kappa shape index (κ1) is 13.2. The van der Waals surface area contributed by atoms with Crippen molar-refractivity contribution in [2.75, 3.05) is 13.1 Å². The molecule has 0 radical (unpaired) electrons. The van der Waals surface area contributed by atoms with Crippen LogP contribution in [-0.4, -0.2) is 34.0 Å². The fourth-order valence-corrected chi connectivity index (χ4v) is 1.53. The molecule has 1 aromatic rings. The zero-order valence-electron chi connectivity index (χ0n) is 9.84. The minimum Gasteiger partial charge on any atom is -0.481 e. The third-order valence-electron chi connectivity index (χ3n) is 2.42. The summed E-state index contributed by atoms with van der Waals surface area (Å²) in [6.07, 6.45) is 8.71. The Hall–Kier alpha value is -1.86. The zero-order valence-corrected chi connectivity index (χ0v) is 9.84.